The number of carbonyl (C=O) groups is 1. The minimum atomic E-state index is 0.185. The van der Waals surface area contributed by atoms with E-state index in [1.54, 1.807) is 0 Å². The normalized spacial score (nSPS) is 12.7. The van der Waals surface area contributed by atoms with Crippen LogP contribution in [0.2, 0.25) is 0 Å². The van der Waals surface area contributed by atoms with Crippen LogP contribution in [0.3, 0.4) is 0 Å². The molecular weight excluding hydrogens is 236 g/mol. The van der Waals surface area contributed by atoms with Gasteiger partial charge in [0.05, 0.1) is 11.8 Å². The van der Waals surface area contributed by atoms with Crippen molar-refractivity contribution in [3.63, 3.8) is 0 Å². The van der Waals surface area contributed by atoms with Gasteiger partial charge in [0, 0.05) is 36.9 Å². The molecular formula is C16H16N2O. The third kappa shape index (κ3) is 3.14. The Bertz CT molecular complexity index is 600. The molecule has 0 spiro atoms. The fourth-order valence-electron chi connectivity index (χ4n) is 2.14. The minimum Gasteiger partial charge on any atom is -0.383 e. The van der Waals surface area contributed by atoms with Gasteiger partial charge in [0.15, 0.2) is 5.78 Å². The first kappa shape index (κ1) is 13.2. The molecule has 0 radical (unpaired) electrons. The monoisotopic (exact) mass is 252 g/mol. The fraction of sp³-hybridized carbons (Fsp3) is 0.375. The first-order chi connectivity index (χ1) is 9.22. The molecule has 1 heterocycles. The lowest BCUT2D eigenvalue weighted by Crippen LogP contribution is -2.19. The van der Waals surface area contributed by atoms with E-state index in [1.807, 2.05) is 19.1 Å². The van der Waals surface area contributed by atoms with Gasteiger partial charge >= 0.3 is 0 Å². The first-order valence-electron chi connectivity index (χ1n) is 6.50. The van der Waals surface area contributed by atoms with Crippen LogP contribution >= 0.6 is 0 Å². The highest BCUT2D eigenvalue weighted by atomic mass is 16.1. The molecule has 0 unspecified atom stereocenters. The Morgan fingerprint density at radius 1 is 1.37 bits per heavy atom. The highest BCUT2D eigenvalue weighted by Gasteiger charge is 2.19. The highest BCUT2D eigenvalue weighted by molar-refractivity contribution is 6.04. The van der Waals surface area contributed by atoms with Gasteiger partial charge in [0.25, 0.3) is 0 Å². The molecule has 1 aromatic carbocycles. The highest BCUT2D eigenvalue weighted by Crippen LogP contribution is 2.27. The van der Waals surface area contributed by atoms with Crippen LogP contribution in [0.1, 0.15) is 47.2 Å². The third-order valence-corrected chi connectivity index (χ3v) is 3.05. The number of nitrogens with zero attached hydrogens (tertiary/aromatic N) is 1. The molecule has 1 aromatic rings. The summed E-state index contributed by atoms with van der Waals surface area (Å²) in [5.74, 6) is 6.38. The van der Waals surface area contributed by atoms with Crippen LogP contribution < -0.4 is 5.32 Å². The van der Waals surface area contributed by atoms with Crippen molar-refractivity contribution in [1.29, 1.82) is 5.26 Å². The lowest BCUT2D eigenvalue weighted by molar-refractivity contribution is 0.0983. The van der Waals surface area contributed by atoms with Crippen molar-refractivity contribution < 1.29 is 4.79 Å². The zero-order valence-electron chi connectivity index (χ0n) is 11.0. The summed E-state index contributed by atoms with van der Waals surface area (Å²) in [5, 5.41) is 11.7. The number of nitrogens with one attached hydrogen (secondary N) is 1. The van der Waals surface area contributed by atoms with Gasteiger partial charge in [0.2, 0.25) is 0 Å². The Morgan fingerprint density at radius 2 is 2.21 bits per heavy atom. The molecule has 1 aliphatic rings. The van der Waals surface area contributed by atoms with Crippen LogP contribution in [0, 0.1) is 30.1 Å². The summed E-state index contributed by atoms with van der Waals surface area (Å²) >= 11 is 0. The second-order valence-corrected chi connectivity index (χ2v) is 4.65. The standard InChI is InChI=1S/C16H16N2O/c1-12-10-13(6-4-2-3-5-8-17)16-14(11-12)15(19)7-9-18-16/h10-11,18H,2-3,5,7,9H2,1H3. The Morgan fingerprint density at radius 3 is 3.00 bits per heavy atom. The number of carbonyl (C=O) groups excluding carboxylic acids is 1. The number of ketones is 1. The Hall–Kier alpha value is -2.26. The predicted molar refractivity (Wildman–Crippen MR) is 75.0 cm³/mol. The fourth-order valence-corrected chi connectivity index (χ4v) is 2.14. The number of Topliss-reactive ketones (excluding diaryl/α,β-unsaturated/α-hetero) is 1. The predicted octanol–water partition coefficient (Wildman–Crippen LogP) is 3.04. The van der Waals surface area contributed by atoms with Crippen molar-refractivity contribution >= 4 is 11.5 Å². The molecule has 0 fully saturated rings. The molecule has 1 N–H and O–H groups in total. The minimum absolute atomic E-state index is 0.185. The van der Waals surface area contributed by atoms with Gasteiger partial charge in [-0.15, -0.1) is 0 Å². The number of hydrogen-bond acceptors (Lipinski definition) is 3. The molecule has 3 heteroatoms. The van der Waals surface area contributed by atoms with E-state index < -0.39 is 0 Å². The topological polar surface area (TPSA) is 52.9 Å². The smallest absolute Gasteiger partial charge is 0.166 e. The van der Waals surface area contributed by atoms with Gasteiger partial charge in [-0.2, -0.15) is 5.26 Å². The number of anilines is 1. The van der Waals surface area contributed by atoms with Gasteiger partial charge in [-0.25, -0.2) is 0 Å². The van der Waals surface area contributed by atoms with E-state index >= 15 is 0 Å². The van der Waals surface area contributed by atoms with Crippen molar-refractivity contribution in [3.05, 3.63) is 28.8 Å². The number of fused-ring (bicyclic) bond motifs is 1. The van der Waals surface area contributed by atoms with E-state index in [0.717, 1.165) is 28.8 Å². The third-order valence-electron chi connectivity index (χ3n) is 3.05. The van der Waals surface area contributed by atoms with E-state index in [1.165, 1.54) is 0 Å². The summed E-state index contributed by atoms with van der Waals surface area (Å²) in [4.78, 5) is 11.9. The lowest BCUT2D eigenvalue weighted by Gasteiger charge is -2.19. The van der Waals surface area contributed by atoms with Crippen LogP contribution in [0.4, 0.5) is 5.69 Å². The van der Waals surface area contributed by atoms with Crippen molar-refractivity contribution in [2.75, 3.05) is 11.9 Å². The van der Waals surface area contributed by atoms with Crippen LogP contribution in [-0.4, -0.2) is 12.3 Å². The Balaban J connectivity index is 2.26. The van der Waals surface area contributed by atoms with E-state index in [9.17, 15) is 4.79 Å². The number of benzene rings is 1. The number of rotatable bonds is 2. The number of aryl methyl sites for hydroxylation is 1. The van der Waals surface area contributed by atoms with E-state index in [2.05, 4.69) is 23.2 Å². The molecule has 96 valence electrons. The molecule has 0 saturated heterocycles. The summed E-state index contributed by atoms with van der Waals surface area (Å²) in [5.41, 5.74) is 3.57. The molecule has 0 atom stereocenters. The molecule has 0 aromatic heterocycles. The zero-order valence-corrected chi connectivity index (χ0v) is 11.0. The van der Waals surface area contributed by atoms with Gasteiger partial charge in [0.1, 0.15) is 0 Å². The Labute approximate surface area is 113 Å². The maximum atomic E-state index is 11.9. The molecule has 0 amide bonds. The van der Waals surface area contributed by atoms with Gasteiger partial charge in [-0.05, 0) is 31.0 Å². The quantitative estimate of drug-likeness (QED) is 0.650. The molecule has 1 aliphatic heterocycles. The molecule has 19 heavy (non-hydrogen) atoms. The van der Waals surface area contributed by atoms with Crippen molar-refractivity contribution in [2.45, 2.75) is 32.6 Å². The summed E-state index contributed by atoms with van der Waals surface area (Å²) in [6.07, 6.45) is 2.59. The average molecular weight is 252 g/mol. The molecule has 0 saturated carbocycles. The number of nitriles is 1. The van der Waals surface area contributed by atoms with Gasteiger partial charge < -0.3 is 5.32 Å². The lowest BCUT2D eigenvalue weighted by atomic mass is 9.96. The van der Waals surface area contributed by atoms with Crippen molar-refractivity contribution in [3.8, 4) is 17.9 Å². The van der Waals surface area contributed by atoms with E-state index in [0.29, 0.717) is 25.8 Å². The van der Waals surface area contributed by atoms with Gasteiger partial charge in [-0.3, -0.25) is 4.79 Å². The SMILES string of the molecule is Cc1cc(C#CCCCC#N)c2c(c1)C(=O)CCN2. The van der Waals surface area contributed by atoms with Crippen molar-refractivity contribution in [2.24, 2.45) is 0 Å². The summed E-state index contributed by atoms with van der Waals surface area (Å²) in [6.45, 7) is 2.65. The number of hydrogen-bond donors (Lipinski definition) is 1. The van der Waals surface area contributed by atoms with E-state index in [-0.39, 0.29) is 5.78 Å². The summed E-state index contributed by atoms with van der Waals surface area (Å²) in [7, 11) is 0. The molecule has 0 bridgehead atoms. The number of unbranched alkanes of at least 4 members (excludes halogenated alkanes) is 2. The van der Waals surface area contributed by atoms with Crippen LogP contribution in [0.25, 0.3) is 0 Å². The summed E-state index contributed by atoms with van der Waals surface area (Å²) in [6, 6.07) is 6.03. The zero-order chi connectivity index (χ0) is 13.7. The first-order valence-corrected chi connectivity index (χ1v) is 6.50. The summed E-state index contributed by atoms with van der Waals surface area (Å²) < 4.78 is 0. The second-order valence-electron chi connectivity index (χ2n) is 4.65. The molecule has 3 nitrogen and oxygen atoms in total. The molecule has 2 rings (SSSR count). The maximum absolute atomic E-state index is 11.9. The van der Waals surface area contributed by atoms with Crippen molar-refractivity contribution in [1.82, 2.24) is 0 Å². The van der Waals surface area contributed by atoms with Gasteiger partial charge in [-0.1, -0.05) is 11.8 Å². The van der Waals surface area contributed by atoms with E-state index in [4.69, 9.17) is 5.26 Å². The average Bonchev–Trinajstić information content (AvgIpc) is 2.39. The van der Waals surface area contributed by atoms with Crippen LogP contribution in [0.15, 0.2) is 12.1 Å². The molecule has 0 aliphatic carbocycles. The van der Waals surface area contributed by atoms with Crippen LogP contribution in [0.5, 0.6) is 0 Å². The second kappa shape index (κ2) is 6.07. The maximum Gasteiger partial charge on any atom is 0.166 e. The van der Waals surface area contributed by atoms with Crippen LogP contribution in [-0.2, 0) is 0 Å². The Kier molecular flexibility index (Phi) is 4.21. The largest absolute Gasteiger partial charge is 0.383 e.